The standard InChI is InChI=1S/C17H30N2/c1-6-15(4)19(5)13-17-9-7-16(8-10-17)12-18-11-14(2)3/h7-10,14-15,18H,6,11-13H2,1-5H3. The fraction of sp³-hybridized carbons (Fsp3) is 0.647. The molecule has 0 fully saturated rings. The predicted octanol–water partition coefficient (Wildman–Crippen LogP) is 3.66. The van der Waals surface area contributed by atoms with Crippen molar-refractivity contribution in [3.63, 3.8) is 0 Å². The molecule has 1 aromatic rings. The first-order valence-electron chi connectivity index (χ1n) is 7.51. The summed E-state index contributed by atoms with van der Waals surface area (Å²) in [5.74, 6) is 0.712. The third-order valence-electron chi connectivity index (χ3n) is 3.68. The Hall–Kier alpha value is -0.860. The lowest BCUT2D eigenvalue weighted by molar-refractivity contribution is 0.244. The van der Waals surface area contributed by atoms with Gasteiger partial charge in [0.1, 0.15) is 0 Å². The van der Waals surface area contributed by atoms with Crippen molar-refractivity contribution in [2.24, 2.45) is 5.92 Å². The van der Waals surface area contributed by atoms with Crippen molar-refractivity contribution in [3.05, 3.63) is 35.4 Å². The third kappa shape index (κ3) is 6.22. The highest BCUT2D eigenvalue weighted by molar-refractivity contribution is 5.22. The smallest absolute Gasteiger partial charge is 0.0233 e. The van der Waals surface area contributed by atoms with E-state index in [9.17, 15) is 0 Å². The van der Waals surface area contributed by atoms with Crippen molar-refractivity contribution in [1.29, 1.82) is 0 Å². The van der Waals surface area contributed by atoms with E-state index in [1.807, 2.05) is 0 Å². The first kappa shape index (κ1) is 16.2. The average Bonchev–Trinajstić information content (AvgIpc) is 2.39. The van der Waals surface area contributed by atoms with Crippen LogP contribution in [0.25, 0.3) is 0 Å². The van der Waals surface area contributed by atoms with E-state index in [1.165, 1.54) is 17.5 Å². The first-order valence-corrected chi connectivity index (χ1v) is 7.51. The number of hydrogen-bond donors (Lipinski definition) is 1. The van der Waals surface area contributed by atoms with E-state index in [4.69, 9.17) is 0 Å². The van der Waals surface area contributed by atoms with Crippen LogP contribution in [0.15, 0.2) is 24.3 Å². The lowest BCUT2D eigenvalue weighted by Crippen LogP contribution is -2.27. The van der Waals surface area contributed by atoms with E-state index in [-0.39, 0.29) is 0 Å². The molecular weight excluding hydrogens is 232 g/mol. The number of nitrogens with zero attached hydrogens (tertiary/aromatic N) is 1. The number of hydrogen-bond acceptors (Lipinski definition) is 2. The Morgan fingerprint density at radius 2 is 1.63 bits per heavy atom. The SMILES string of the molecule is CCC(C)N(C)Cc1ccc(CNCC(C)C)cc1. The molecule has 0 aromatic heterocycles. The zero-order chi connectivity index (χ0) is 14.3. The van der Waals surface area contributed by atoms with Gasteiger partial charge in [-0.05, 0) is 44.0 Å². The topological polar surface area (TPSA) is 15.3 Å². The van der Waals surface area contributed by atoms with Crippen molar-refractivity contribution < 1.29 is 0 Å². The van der Waals surface area contributed by atoms with Crippen molar-refractivity contribution in [2.75, 3.05) is 13.6 Å². The molecule has 0 aliphatic carbocycles. The number of rotatable bonds is 8. The van der Waals surface area contributed by atoms with Gasteiger partial charge in [-0.25, -0.2) is 0 Å². The molecule has 2 heteroatoms. The molecule has 2 nitrogen and oxygen atoms in total. The normalized spacial score (nSPS) is 13.2. The molecule has 0 aliphatic rings. The monoisotopic (exact) mass is 262 g/mol. The second-order valence-corrected chi connectivity index (χ2v) is 6.01. The molecule has 0 heterocycles. The molecule has 1 atom stereocenters. The summed E-state index contributed by atoms with van der Waals surface area (Å²) in [5.41, 5.74) is 2.77. The fourth-order valence-electron chi connectivity index (χ4n) is 2.02. The molecule has 0 bridgehead atoms. The molecule has 1 rings (SSSR count). The minimum absolute atomic E-state index is 0.646. The van der Waals surface area contributed by atoms with Crippen LogP contribution in [0, 0.1) is 5.92 Å². The van der Waals surface area contributed by atoms with Gasteiger partial charge in [0.15, 0.2) is 0 Å². The maximum absolute atomic E-state index is 3.48. The quantitative estimate of drug-likeness (QED) is 0.769. The fourth-order valence-corrected chi connectivity index (χ4v) is 2.02. The van der Waals surface area contributed by atoms with Gasteiger partial charge in [0.05, 0.1) is 0 Å². The molecule has 108 valence electrons. The lowest BCUT2D eigenvalue weighted by Gasteiger charge is -2.23. The van der Waals surface area contributed by atoms with Crippen LogP contribution in [-0.2, 0) is 13.1 Å². The van der Waals surface area contributed by atoms with Gasteiger partial charge in [0, 0.05) is 19.1 Å². The van der Waals surface area contributed by atoms with Crippen molar-refractivity contribution in [1.82, 2.24) is 10.2 Å². The summed E-state index contributed by atoms with van der Waals surface area (Å²) in [6.07, 6.45) is 1.20. The average molecular weight is 262 g/mol. The minimum atomic E-state index is 0.646. The zero-order valence-corrected chi connectivity index (χ0v) is 13.2. The summed E-state index contributed by atoms with van der Waals surface area (Å²) in [6, 6.07) is 9.64. The van der Waals surface area contributed by atoms with E-state index in [0.717, 1.165) is 19.6 Å². The van der Waals surface area contributed by atoms with E-state index in [2.05, 4.69) is 69.2 Å². The van der Waals surface area contributed by atoms with Gasteiger partial charge in [-0.1, -0.05) is 45.0 Å². The Bertz CT molecular complexity index is 343. The second-order valence-electron chi connectivity index (χ2n) is 6.01. The largest absolute Gasteiger partial charge is 0.312 e. The Balaban J connectivity index is 2.43. The summed E-state index contributed by atoms with van der Waals surface area (Å²) in [4.78, 5) is 2.41. The highest BCUT2D eigenvalue weighted by atomic mass is 15.1. The summed E-state index contributed by atoms with van der Waals surface area (Å²) in [5, 5.41) is 3.48. The molecule has 1 N–H and O–H groups in total. The Morgan fingerprint density at radius 1 is 1.05 bits per heavy atom. The van der Waals surface area contributed by atoms with Gasteiger partial charge in [0.25, 0.3) is 0 Å². The van der Waals surface area contributed by atoms with E-state index < -0.39 is 0 Å². The molecule has 0 saturated carbocycles. The van der Waals surface area contributed by atoms with Gasteiger partial charge in [0.2, 0.25) is 0 Å². The molecule has 0 saturated heterocycles. The second kappa shape index (κ2) is 8.34. The van der Waals surface area contributed by atoms with Gasteiger partial charge < -0.3 is 5.32 Å². The minimum Gasteiger partial charge on any atom is -0.312 e. The van der Waals surface area contributed by atoms with E-state index in [1.54, 1.807) is 0 Å². The molecule has 19 heavy (non-hydrogen) atoms. The van der Waals surface area contributed by atoms with Crippen molar-refractivity contribution in [2.45, 2.75) is 53.2 Å². The molecule has 0 aliphatic heterocycles. The maximum Gasteiger partial charge on any atom is 0.0233 e. The number of nitrogens with one attached hydrogen (secondary N) is 1. The Kier molecular flexibility index (Phi) is 7.11. The molecular formula is C17H30N2. The van der Waals surface area contributed by atoms with Crippen LogP contribution < -0.4 is 5.32 Å². The summed E-state index contributed by atoms with van der Waals surface area (Å²) < 4.78 is 0. The molecule has 1 unspecified atom stereocenters. The lowest BCUT2D eigenvalue weighted by atomic mass is 10.1. The van der Waals surface area contributed by atoms with Crippen molar-refractivity contribution in [3.8, 4) is 0 Å². The van der Waals surface area contributed by atoms with Gasteiger partial charge >= 0.3 is 0 Å². The molecule has 0 spiro atoms. The van der Waals surface area contributed by atoms with E-state index >= 15 is 0 Å². The highest BCUT2D eigenvalue weighted by Crippen LogP contribution is 2.10. The van der Waals surface area contributed by atoms with Crippen LogP contribution >= 0.6 is 0 Å². The van der Waals surface area contributed by atoms with Crippen LogP contribution in [0.5, 0.6) is 0 Å². The highest BCUT2D eigenvalue weighted by Gasteiger charge is 2.06. The number of benzene rings is 1. The summed E-state index contributed by atoms with van der Waals surface area (Å²) in [7, 11) is 2.20. The van der Waals surface area contributed by atoms with Gasteiger partial charge in [-0.2, -0.15) is 0 Å². The van der Waals surface area contributed by atoms with Gasteiger partial charge in [-0.15, -0.1) is 0 Å². The summed E-state index contributed by atoms with van der Waals surface area (Å²) >= 11 is 0. The van der Waals surface area contributed by atoms with Crippen LogP contribution in [0.1, 0.15) is 45.2 Å². The molecule has 0 amide bonds. The third-order valence-corrected chi connectivity index (χ3v) is 3.68. The Morgan fingerprint density at radius 3 is 2.16 bits per heavy atom. The van der Waals surface area contributed by atoms with Crippen LogP contribution in [0.4, 0.5) is 0 Å². The predicted molar refractivity (Wildman–Crippen MR) is 84.2 cm³/mol. The molecule has 1 aromatic carbocycles. The van der Waals surface area contributed by atoms with Gasteiger partial charge in [-0.3, -0.25) is 4.90 Å². The van der Waals surface area contributed by atoms with Crippen LogP contribution in [0.2, 0.25) is 0 Å². The summed E-state index contributed by atoms with van der Waals surface area (Å²) in [6.45, 7) is 12.1. The molecule has 0 radical (unpaired) electrons. The van der Waals surface area contributed by atoms with Crippen molar-refractivity contribution >= 4 is 0 Å². The first-order chi connectivity index (χ1) is 9.02. The zero-order valence-electron chi connectivity index (χ0n) is 13.2. The Labute approximate surface area is 119 Å². The maximum atomic E-state index is 3.48. The van der Waals surface area contributed by atoms with E-state index in [0.29, 0.717) is 12.0 Å². The van der Waals surface area contributed by atoms with Crippen LogP contribution in [0.3, 0.4) is 0 Å². The van der Waals surface area contributed by atoms with Crippen LogP contribution in [-0.4, -0.2) is 24.5 Å².